The van der Waals surface area contributed by atoms with Gasteiger partial charge in [0.05, 0.1) is 0 Å². The van der Waals surface area contributed by atoms with Gasteiger partial charge in [0.2, 0.25) is 5.88 Å². The molecule has 3 aromatic heterocycles. The molecule has 0 fully saturated rings. The molecule has 0 atom stereocenters. The molecule has 0 bridgehead atoms. The number of aryl methyl sites for hydroxylation is 3. The van der Waals surface area contributed by atoms with Gasteiger partial charge >= 0.3 is 5.97 Å². The molecule has 10 nitrogen and oxygen atoms in total. The molecule has 0 aliphatic rings. The third-order valence-corrected chi connectivity index (χ3v) is 4.26. The molecular weight excluding hydrogens is 388 g/mol. The van der Waals surface area contributed by atoms with Crippen LogP contribution in [0.1, 0.15) is 27.6 Å². The van der Waals surface area contributed by atoms with Gasteiger partial charge in [0.1, 0.15) is 5.69 Å². The van der Waals surface area contributed by atoms with Crippen molar-refractivity contribution < 1.29 is 18.8 Å². The van der Waals surface area contributed by atoms with Gasteiger partial charge in [-0.05, 0) is 26.8 Å². The molecule has 4 rings (SSSR count). The molecule has 1 amide bonds. The fraction of sp³-hybridized carbons (Fsp3) is 0.200. The second-order valence-corrected chi connectivity index (χ2v) is 6.75. The van der Waals surface area contributed by atoms with Crippen LogP contribution in [0.5, 0.6) is 0 Å². The minimum Gasteiger partial charge on any atom is -0.450 e. The molecule has 0 radical (unpaired) electrons. The Labute approximate surface area is 170 Å². The summed E-state index contributed by atoms with van der Waals surface area (Å²) in [5.74, 6) is -1.15. The van der Waals surface area contributed by atoms with E-state index in [1.54, 1.807) is 6.07 Å². The number of hydrogen-bond acceptors (Lipinski definition) is 8. The van der Waals surface area contributed by atoms with Crippen LogP contribution in [0.15, 0.2) is 40.9 Å². The highest BCUT2D eigenvalue weighted by molar-refractivity contribution is 5.93. The van der Waals surface area contributed by atoms with E-state index in [0.717, 1.165) is 22.5 Å². The Morgan fingerprint density at radius 1 is 1.10 bits per heavy atom. The second-order valence-electron chi connectivity index (χ2n) is 6.75. The molecule has 152 valence electrons. The van der Waals surface area contributed by atoms with E-state index in [1.165, 1.54) is 4.52 Å². The zero-order chi connectivity index (χ0) is 21.3. The Kier molecular flexibility index (Phi) is 4.97. The first-order valence-electron chi connectivity index (χ1n) is 9.11. The number of benzene rings is 1. The summed E-state index contributed by atoms with van der Waals surface area (Å²) in [6.07, 6.45) is 0. The van der Waals surface area contributed by atoms with Gasteiger partial charge in [-0.25, -0.2) is 14.3 Å². The molecule has 0 spiro atoms. The van der Waals surface area contributed by atoms with Gasteiger partial charge in [0, 0.05) is 23.0 Å². The van der Waals surface area contributed by atoms with Crippen molar-refractivity contribution in [2.24, 2.45) is 0 Å². The highest BCUT2D eigenvalue weighted by Gasteiger charge is 2.18. The predicted octanol–water partition coefficient (Wildman–Crippen LogP) is 2.50. The van der Waals surface area contributed by atoms with Gasteiger partial charge in [-0.15, -0.1) is 5.10 Å². The van der Waals surface area contributed by atoms with Crippen molar-refractivity contribution in [3.8, 4) is 11.3 Å². The summed E-state index contributed by atoms with van der Waals surface area (Å²) in [6.45, 7) is 5.10. The van der Waals surface area contributed by atoms with Crippen molar-refractivity contribution in [2.75, 3.05) is 11.9 Å². The van der Waals surface area contributed by atoms with Gasteiger partial charge in [0.15, 0.2) is 6.61 Å². The standard InChI is InChI=1S/C20H18N6O4/c1-11-4-6-14(7-5-11)15-9-17(30-25-15)22-16(27)10-29-19(28)18-23-20-21-12(2)8-13(3)26(20)24-18/h4-9H,10H2,1-3H3,(H,22,27). The van der Waals surface area contributed by atoms with Crippen LogP contribution >= 0.6 is 0 Å². The molecule has 1 N–H and O–H groups in total. The first-order valence-corrected chi connectivity index (χ1v) is 9.11. The van der Waals surface area contributed by atoms with Crippen LogP contribution in [0.25, 0.3) is 17.0 Å². The zero-order valence-corrected chi connectivity index (χ0v) is 16.5. The normalized spacial score (nSPS) is 10.9. The number of carbonyl (C=O) groups is 2. The third-order valence-electron chi connectivity index (χ3n) is 4.26. The number of aromatic nitrogens is 5. The number of carbonyl (C=O) groups excluding carboxylic acids is 2. The van der Waals surface area contributed by atoms with E-state index >= 15 is 0 Å². The monoisotopic (exact) mass is 406 g/mol. The van der Waals surface area contributed by atoms with Crippen LogP contribution in [-0.2, 0) is 9.53 Å². The van der Waals surface area contributed by atoms with E-state index in [1.807, 2.05) is 51.1 Å². The Morgan fingerprint density at radius 2 is 1.87 bits per heavy atom. The molecule has 4 aromatic rings. The number of ether oxygens (including phenoxy) is 1. The molecular formula is C20H18N6O4. The summed E-state index contributed by atoms with van der Waals surface area (Å²) >= 11 is 0. The molecule has 0 aliphatic heterocycles. The largest absolute Gasteiger partial charge is 0.450 e. The number of nitrogens with zero attached hydrogens (tertiary/aromatic N) is 5. The van der Waals surface area contributed by atoms with Crippen LogP contribution < -0.4 is 5.32 Å². The van der Waals surface area contributed by atoms with E-state index < -0.39 is 18.5 Å². The zero-order valence-electron chi connectivity index (χ0n) is 16.5. The average molecular weight is 406 g/mol. The fourth-order valence-electron chi connectivity index (χ4n) is 2.82. The van der Waals surface area contributed by atoms with E-state index in [4.69, 9.17) is 9.26 Å². The van der Waals surface area contributed by atoms with Crippen molar-refractivity contribution in [1.29, 1.82) is 0 Å². The van der Waals surface area contributed by atoms with Crippen molar-refractivity contribution in [1.82, 2.24) is 24.7 Å². The summed E-state index contributed by atoms with van der Waals surface area (Å²) in [6, 6.07) is 11.1. The van der Waals surface area contributed by atoms with Gasteiger partial charge in [-0.3, -0.25) is 10.1 Å². The summed E-state index contributed by atoms with van der Waals surface area (Å²) < 4.78 is 11.5. The van der Waals surface area contributed by atoms with Gasteiger partial charge in [0.25, 0.3) is 17.5 Å². The molecule has 10 heteroatoms. The molecule has 30 heavy (non-hydrogen) atoms. The summed E-state index contributed by atoms with van der Waals surface area (Å²) in [7, 11) is 0. The lowest BCUT2D eigenvalue weighted by Crippen LogP contribution is -2.21. The molecule has 3 heterocycles. The Morgan fingerprint density at radius 3 is 2.63 bits per heavy atom. The molecule has 0 saturated carbocycles. The van der Waals surface area contributed by atoms with Crippen molar-refractivity contribution >= 4 is 23.5 Å². The van der Waals surface area contributed by atoms with Crippen LogP contribution in [0, 0.1) is 20.8 Å². The number of hydrogen-bond donors (Lipinski definition) is 1. The van der Waals surface area contributed by atoms with Gasteiger partial charge in [-0.1, -0.05) is 35.0 Å². The van der Waals surface area contributed by atoms with E-state index in [0.29, 0.717) is 5.69 Å². The number of amides is 1. The Hall–Kier alpha value is -4.08. The minimum atomic E-state index is -0.828. The fourth-order valence-corrected chi connectivity index (χ4v) is 2.82. The Balaban J connectivity index is 1.36. The van der Waals surface area contributed by atoms with Crippen LogP contribution in [0.2, 0.25) is 0 Å². The van der Waals surface area contributed by atoms with Crippen LogP contribution in [0.3, 0.4) is 0 Å². The summed E-state index contributed by atoms with van der Waals surface area (Å²) in [4.78, 5) is 32.5. The number of anilines is 1. The number of nitrogens with one attached hydrogen (secondary N) is 1. The first-order chi connectivity index (χ1) is 14.4. The van der Waals surface area contributed by atoms with E-state index in [9.17, 15) is 9.59 Å². The molecule has 0 saturated heterocycles. The maximum absolute atomic E-state index is 12.2. The lowest BCUT2D eigenvalue weighted by atomic mass is 10.1. The minimum absolute atomic E-state index is 0.146. The van der Waals surface area contributed by atoms with Gasteiger partial charge < -0.3 is 9.26 Å². The molecule has 1 aromatic carbocycles. The lowest BCUT2D eigenvalue weighted by molar-refractivity contribution is -0.119. The topological polar surface area (TPSA) is 125 Å². The van der Waals surface area contributed by atoms with Crippen LogP contribution in [-0.4, -0.2) is 43.2 Å². The summed E-state index contributed by atoms with van der Waals surface area (Å²) in [5, 5.41) is 10.5. The maximum Gasteiger partial charge on any atom is 0.378 e. The van der Waals surface area contributed by atoms with E-state index in [-0.39, 0.29) is 17.5 Å². The SMILES string of the molecule is Cc1ccc(-c2cc(NC(=O)COC(=O)c3nc4nc(C)cc(C)n4n3)on2)cc1. The number of fused-ring (bicyclic) bond motifs is 1. The van der Waals surface area contributed by atoms with E-state index in [2.05, 4.69) is 25.5 Å². The Bertz CT molecular complexity index is 1240. The predicted molar refractivity (Wildman–Crippen MR) is 106 cm³/mol. The van der Waals surface area contributed by atoms with Crippen molar-refractivity contribution in [3.63, 3.8) is 0 Å². The lowest BCUT2D eigenvalue weighted by Gasteiger charge is -2.01. The number of rotatable bonds is 5. The number of esters is 1. The summed E-state index contributed by atoms with van der Waals surface area (Å²) in [5.41, 5.74) is 4.08. The molecule has 0 unspecified atom stereocenters. The highest BCUT2D eigenvalue weighted by atomic mass is 16.5. The van der Waals surface area contributed by atoms with Crippen molar-refractivity contribution in [2.45, 2.75) is 20.8 Å². The molecule has 0 aliphatic carbocycles. The third kappa shape index (κ3) is 4.02. The quantitative estimate of drug-likeness (QED) is 0.501. The highest BCUT2D eigenvalue weighted by Crippen LogP contribution is 2.22. The first kappa shape index (κ1) is 19.2. The maximum atomic E-state index is 12.2. The second kappa shape index (κ2) is 7.74. The van der Waals surface area contributed by atoms with Gasteiger partial charge in [-0.2, -0.15) is 4.98 Å². The smallest absolute Gasteiger partial charge is 0.378 e. The van der Waals surface area contributed by atoms with Crippen molar-refractivity contribution in [3.05, 3.63) is 59.2 Å². The van der Waals surface area contributed by atoms with Crippen LogP contribution in [0.4, 0.5) is 5.88 Å². The average Bonchev–Trinajstić information content (AvgIpc) is 3.34.